The third-order valence-corrected chi connectivity index (χ3v) is 2.36. The first kappa shape index (κ1) is 12.9. The molecule has 1 aromatic rings. The fourth-order valence-electron chi connectivity index (χ4n) is 1.18. The molecule has 2 atom stereocenters. The van der Waals surface area contributed by atoms with Crippen LogP contribution in [0.1, 0.15) is 17.4 Å². The quantitative estimate of drug-likeness (QED) is 0.651. The summed E-state index contributed by atoms with van der Waals surface area (Å²) in [6.45, 7) is 0. The van der Waals surface area contributed by atoms with E-state index >= 15 is 0 Å². The molecule has 1 aromatic heterocycles. The number of carbonyl (C=O) groups is 1. The highest BCUT2D eigenvalue weighted by atomic mass is 35.5. The van der Waals surface area contributed by atoms with Crippen LogP contribution in [0.3, 0.4) is 0 Å². The van der Waals surface area contributed by atoms with E-state index in [9.17, 15) is 15.0 Å². The van der Waals surface area contributed by atoms with Crippen LogP contribution in [0.2, 0.25) is 0 Å². The monoisotopic (exact) mass is 245 g/mol. The molecule has 16 heavy (non-hydrogen) atoms. The average Bonchev–Trinajstić information content (AvgIpc) is 2.27. The van der Waals surface area contributed by atoms with Gasteiger partial charge in [-0.15, -0.1) is 11.6 Å². The Kier molecular flexibility index (Phi) is 4.67. The molecule has 2 unspecified atom stereocenters. The Balaban J connectivity index is 2.74. The Labute approximate surface area is 97.3 Å². The molecule has 1 rings (SSSR count). The topological polar surface area (TPSA) is 90.7 Å². The Morgan fingerprint density at radius 2 is 2.12 bits per heavy atom. The van der Waals surface area contributed by atoms with Crippen molar-refractivity contribution in [3.8, 4) is 0 Å². The summed E-state index contributed by atoms with van der Waals surface area (Å²) >= 11 is 5.39. The van der Waals surface area contributed by atoms with Gasteiger partial charge in [0.2, 0.25) is 0 Å². The van der Waals surface area contributed by atoms with Gasteiger partial charge >= 0.3 is 5.97 Å². The summed E-state index contributed by atoms with van der Waals surface area (Å²) in [5.74, 6) is -1.06. The second kappa shape index (κ2) is 5.79. The summed E-state index contributed by atoms with van der Waals surface area (Å²) in [7, 11) is 0. The number of hydrogen-bond donors (Lipinski definition) is 3. The zero-order valence-corrected chi connectivity index (χ0v) is 9.13. The molecule has 0 radical (unpaired) electrons. The van der Waals surface area contributed by atoms with E-state index in [-0.39, 0.29) is 12.3 Å². The van der Waals surface area contributed by atoms with Crippen LogP contribution in [-0.2, 0) is 11.2 Å². The van der Waals surface area contributed by atoms with Gasteiger partial charge in [0, 0.05) is 11.8 Å². The highest BCUT2D eigenvalue weighted by Gasteiger charge is 2.17. The zero-order valence-electron chi connectivity index (χ0n) is 8.38. The Morgan fingerprint density at radius 3 is 2.56 bits per heavy atom. The van der Waals surface area contributed by atoms with Crippen LogP contribution < -0.4 is 0 Å². The number of aliphatic hydroxyl groups is 2. The van der Waals surface area contributed by atoms with Gasteiger partial charge in [-0.25, -0.2) is 0 Å². The van der Waals surface area contributed by atoms with Gasteiger partial charge in [0.25, 0.3) is 0 Å². The Bertz CT molecular complexity index is 354. The molecule has 1 heterocycles. The number of aromatic nitrogens is 1. The minimum Gasteiger partial charge on any atom is -0.481 e. The van der Waals surface area contributed by atoms with E-state index in [0.717, 1.165) is 0 Å². The fraction of sp³-hybridized carbons (Fsp3) is 0.400. The first-order valence-electron chi connectivity index (χ1n) is 4.63. The first-order valence-corrected chi connectivity index (χ1v) is 5.16. The van der Waals surface area contributed by atoms with Crippen molar-refractivity contribution in [2.24, 2.45) is 0 Å². The maximum absolute atomic E-state index is 10.4. The lowest BCUT2D eigenvalue weighted by atomic mass is 10.1. The lowest BCUT2D eigenvalue weighted by Crippen LogP contribution is -2.20. The number of aliphatic carboxylic acids is 1. The largest absolute Gasteiger partial charge is 0.481 e. The lowest BCUT2D eigenvalue weighted by molar-refractivity contribution is -0.136. The first-order chi connectivity index (χ1) is 7.54. The molecule has 0 saturated carbocycles. The third kappa shape index (κ3) is 3.44. The number of carboxylic acids is 1. The van der Waals surface area contributed by atoms with Gasteiger partial charge in [-0.3, -0.25) is 9.78 Å². The van der Waals surface area contributed by atoms with Gasteiger partial charge in [-0.1, -0.05) is 6.07 Å². The van der Waals surface area contributed by atoms with Crippen LogP contribution >= 0.6 is 11.6 Å². The number of halogens is 1. The van der Waals surface area contributed by atoms with E-state index < -0.39 is 18.2 Å². The van der Waals surface area contributed by atoms with Crippen molar-refractivity contribution in [1.29, 1.82) is 0 Å². The minimum absolute atomic E-state index is 0.0853. The molecule has 6 heteroatoms. The predicted octanol–water partition coefficient (Wildman–Crippen LogP) is 0.342. The van der Waals surface area contributed by atoms with E-state index in [4.69, 9.17) is 16.7 Å². The van der Waals surface area contributed by atoms with Gasteiger partial charge in [0.1, 0.15) is 6.10 Å². The molecule has 3 N–H and O–H groups in total. The number of pyridine rings is 1. The number of aliphatic hydroxyl groups excluding tert-OH is 2. The summed E-state index contributed by atoms with van der Waals surface area (Å²) in [5, 5.41) is 27.4. The summed E-state index contributed by atoms with van der Waals surface area (Å²) in [6, 6.07) is 3.01. The standard InChI is InChI=1S/C10H12ClNO4/c11-4-8(13)10(16)6-1-2-7(12-5-6)3-9(14)15/h1-2,5,8,10,13,16H,3-4H2,(H,14,15). The van der Waals surface area contributed by atoms with E-state index in [1.54, 1.807) is 0 Å². The lowest BCUT2D eigenvalue weighted by Gasteiger charge is -2.15. The summed E-state index contributed by atoms with van der Waals surface area (Å²) in [6.07, 6.45) is -1.01. The summed E-state index contributed by atoms with van der Waals surface area (Å²) < 4.78 is 0. The smallest absolute Gasteiger partial charge is 0.309 e. The maximum Gasteiger partial charge on any atom is 0.309 e. The summed E-state index contributed by atoms with van der Waals surface area (Å²) in [4.78, 5) is 14.3. The van der Waals surface area contributed by atoms with Crippen molar-refractivity contribution in [2.45, 2.75) is 18.6 Å². The van der Waals surface area contributed by atoms with Gasteiger partial charge < -0.3 is 15.3 Å². The molecule has 0 fully saturated rings. The van der Waals surface area contributed by atoms with Crippen molar-refractivity contribution in [2.75, 3.05) is 5.88 Å². The van der Waals surface area contributed by atoms with Crippen molar-refractivity contribution >= 4 is 17.6 Å². The molecular weight excluding hydrogens is 234 g/mol. The number of rotatable bonds is 5. The molecule has 0 aliphatic rings. The van der Waals surface area contributed by atoms with Gasteiger partial charge in [-0.05, 0) is 6.07 Å². The number of hydrogen-bond acceptors (Lipinski definition) is 4. The van der Waals surface area contributed by atoms with Crippen LogP contribution in [0.5, 0.6) is 0 Å². The van der Waals surface area contributed by atoms with Crippen LogP contribution in [0.25, 0.3) is 0 Å². The average molecular weight is 246 g/mol. The normalized spacial score (nSPS) is 14.4. The molecule has 0 bridgehead atoms. The predicted molar refractivity (Wildman–Crippen MR) is 57.3 cm³/mol. The molecule has 0 amide bonds. The Morgan fingerprint density at radius 1 is 1.44 bits per heavy atom. The van der Waals surface area contributed by atoms with Crippen LogP contribution in [0, 0.1) is 0 Å². The SMILES string of the molecule is O=C(O)Cc1ccc(C(O)C(O)CCl)cn1. The van der Waals surface area contributed by atoms with Gasteiger partial charge in [-0.2, -0.15) is 0 Å². The molecule has 0 spiro atoms. The number of nitrogens with zero attached hydrogens (tertiary/aromatic N) is 1. The van der Waals surface area contributed by atoms with Crippen molar-refractivity contribution in [3.05, 3.63) is 29.6 Å². The molecule has 0 aliphatic carbocycles. The number of carboxylic acid groups (broad SMARTS) is 1. The second-order valence-corrected chi connectivity index (χ2v) is 3.63. The van der Waals surface area contributed by atoms with Crippen LogP contribution in [0.4, 0.5) is 0 Å². The second-order valence-electron chi connectivity index (χ2n) is 3.32. The van der Waals surface area contributed by atoms with E-state index in [1.165, 1.54) is 18.3 Å². The Hall–Kier alpha value is -1.17. The molecule has 0 aliphatic heterocycles. The van der Waals surface area contributed by atoms with E-state index in [0.29, 0.717) is 11.3 Å². The molecule has 88 valence electrons. The summed E-state index contributed by atoms with van der Waals surface area (Å²) in [5.41, 5.74) is 0.797. The molecule has 0 saturated heterocycles. The minimum atomic E-state index is -1.11. The zero-order chi connectivity index (χ0) is 12.1. The highest BCUT2D eigenvalue weighted by Crippen LogP contribution is 2.17. The van der Waals surface area contributed by atoms with Crippen molar-refractivity contribution < 1.29 is 20.1 Å². The van der Waals surface area contributed by atoms with Crippen molar-refractivity contribution in [1.82, 2.24) is 4.98 Å². The van der Waals surface area contributed by atoms with Crippen LogP contribution in [0.15, 0.2) is 18.3 Å². The maximum atomic E-state index is 10.4. The van der Waals surface area contributed by atoms with E-state index in [1.807, 2.05) is 0 Å². The van der Waals surface area contributed by atoms with Crippen molar-refractivity contribution in [3.63, 3.8) is 0 Å². The van der Waals surface area contributed by atoms with Crippen LogP contribution in [-0.4, -0.2) is 38.3 Å². The van der Waals surface area contributed by atoms with Gasteiger partial charge in [0.15, 0.2) is 0 Å². The fourth-order valence-corrected chi connectivity index (χ4v) is 1.35. The molecular formula is C10H12ClNO4. The molecule has 0 aromatic carbocycles. The highest BCUT2D eigenvalue weighted by molar-refractivity contribution is 6.18. The third-order valence-electron chi connectivity index (χ3n) is 2.04. The molecule has 5 nitrogen and oxygen atoms in total. The number of alkyl halides is 1. The van der Waals surface area contributed by atoms with E-state index in [2.05, 4.69) is 4.98 Å². The van der Waals surface area contributed by atoms with Gasteiger partial charge in [0.05, 0.1) is 24.1 Å².